The quantitative estimate of drug-likeness (QED) is 0.396. The van der Waals surface area contributed by atoms with Crippen molar-refractivity contribution in [3.05, 3.63) is 69.9 Å². The van der Waals surface area contributed by atoms with Crippen molar-refractivity contribution < 1.29 is 26.6 Å². The molecule has 1 N–H and O–H groups in total. The first-order valence-electron chi connectivity index (χ1n) is 10.3. The van der Waals surface area contributed by atoms with E-state index < -0.39 is 33.9 Å². The van der Waals surface area contributed by atoms with E-state index in [9.17, 15) is 27.2 Å². The van der Waals surface area contributed by atoms with Crippen molar-refractivity contribution >= 4 is 38.5 Å². The molecule has 1 fully saturated rings. The highest BCUT2D eigenvalue weighted by molar-refractivity contribution is 7.85. The Morgan fingerprint density at radius 3 is 2.53 bits per heavy atom. The zero-order valence-corrected chi connectivity index (χ0v) is 19.1. The number of fused-ring (bicyclic) bond motifs is 1. The molecule has 2 heterocycles. The van der Waals surface area contributed by atoms with Crippen LogP contribution in [0.15, 0.2) is 47.3 Å². The number of amides is 3. The summed E-state index contributed by atoms with van der Waals surface area (Å²) in [6.07, 6.45) is 1.09. The lowest BCUT2D eigenvalue weighted by molar-refractivity contribution is -0.119. The lowest BCUT2D eigenvalue weighted by atomic mass is 10.0. The molecular formula is C22H21FN4O6S. The number of imide groups is 1. The number of carbonyl (C=O) groups excluding carboxylic acids is 2. The first-order chi connectivity index (χ1) is 16.1. The molecule has 178 valence electrons. The molecule has 0 saturated carbocycles. The summed E-state index contributed by atoms with van der Waals surface area (Å²) in [5.74, 6) is -1.42. The Morgan fingerprint density at radius 2 is 1.82 bits per heavy atom. The normalized spacial score (nSPS) is 16.6. The minimum absolute atomic E-state index is 0.163. The number of halogens is 1. The van der Waals surface area contributed by atoms with Crippen LogP contribution in [0.2, 0.25) is 0 Å². The highest BCUT2D eigenvalue weighted by Crippen LogP contribution is 2.29. The maximum atomic E-state index is 14.7. The Morgan fingerprint density at radius 1 is 1.12 bits per heavy atom. The number of H-pyrrole nitrogens is 1. The third-order valence-electron chi connectivity index (χ3n) is 5.51. The van der Waals surface area contributed by atoms with Gasteiger partial charge in [-0.1, -0.05) is 24.3 Å². The van der Waals surface area contributed by atoms with Crippen molar-refractivity contribution in [2.75, 3.05) is 24.3 Å². The largest absolute Gasteiger partial charge is 0.332 e. The van der Waals surface area contributed by atoms with Gasteiger partial charge in [-0.25, -0.2) is 19.2 Å². The second kappa shape index (κ2) is 8.95. The van der Waals surface area contributed by atoms with Gasteiger partial charge in [0.25, 0.3) is 21.6 Å². The van der Waals surface area contributed by atoms with Crippen LogP contribution in [-0.4, -0.2) is 60.9 Å². The number of hydrogen-bond donors (Lipinski definition) is 1. The summed E-state index contributed by atoms with van der Waals surface area (Å²) >= 11 is 0. The summed E-state index contributed by atoms with van der Waals surface area (Å²) in [6.45, 7) is 0.978. The van der Waals surface area contributed by atoms with Gasteiger partial charge in [0.2, 0.25) is 0 Å². The Labute approximate surface area is 194 Å². The maximum Gasteiger partial charge on any atom is 0.332 e. The van der Waals surface area contributed by atoms with Crippen LogP contribution in [0.1, 0.15) is 18.2 Å². The lowest BCUT2D eigenvalue weighted by Crippen LogP contribution is -2.37. The summed E-state index contributed by atoms with van der Waals surface area (Å²) in [6, 6.07) is 9.26. The molecule has 1 unspecified atom stereocenters. The molecule has 0 radical (unpaired) electrons. The van der Waals surface area contributed by atoms with Gasteiger partial charge < -0.3 is 4.90 Å². The summed E-state index contributed by atoms with van der Waals surface area (Å²) in [5.41, 5.74) is 0.550. The summed E-state index contributed by atoms with van der Waals surface area (Å²) < 4.78 is 41.7. The van der Waals surface area contributed by atoms with E-state index in [1.54, 1.807) is 24.3 Å². The van der Waals surface area contributed by atoms with Crippen molar-refractivity contribution in [2.24, 2.45) is 0 Å². The Bertz CT molecular complexity index is 1460. The smallest absolute Gasteiger partial charge is 0.310 e. The highest BCUT2D eigenvalue weighted by atomic mass is 32.2. The zero-order chi connectivity index (χ0) is 24.6. The monoisotopic (exact) mass is 488 g/mol. The second-order valence-corrected chi connectivity index (χ2v) is 9.50. The Hall–Kier alpha value is -3.64. The number of nitrogens with one attached hydrogen (secondary N) is 1. The predicted molar refractivity (Wildman–Crippen MR) is 121 cm³/mol. The van der Waals surface area contributed by atoms with Gasteiger partial charge in [-0.3, -0.25) is 13.8 Å². The van der Waals surface area contributed by atoms with E-state index in [-0.39, 0.29) is 30.8 Å². The number of carbonyl (C=O) groups is 2. The third kappa shape index (κ3) is 4.54. The molecule has 2 aromatic carbocycles. The Balaban J connectivity index is 1.62. The van der Waals surface area contributed by atoms with E-state index >= 15 is 0 Å². The van der Waals surface area contributed by atoms with E-state index in [0.717, 1.165) is 22.1 Å². The SMILES string of the molecule is CC1C(=O)N(c2cc(Cc3n[nH]c(=O)c4ccccc34)ccc2F)C(=O)N1CCOS(C)(=O)=O. The van der Waals surface area contributed by atoms with Gasteiger partial charge in [0, 0.05) is 18.4 Å². The molecule has 4 rings (SSSR count). The number of benzene rings is 2. The van der Waals surface area contributed by atoms with Gasteiger partial charge in [-0.15, -0.1) is 0 Å². The summed E-state index contributed by atoms with van der Waals surface area (Å²) in [7, 11) is -3.72. The first-order valence-corrected chi connectivity index (χ1v) is 12.1. The van der Waals surface area contributed by atoms with E-state index in [1.165, 1.54) is 19.1 Å². The molecule has 1 atom stereocenters. The lowest BCUT2D eigenvalue weighted by Gasteiger charge is -2.19. The summed E-state index contributed by atoms with van der Waals surface area (Å²) in [5, 5.41) is 7.64. The first kappa shape index (κ1) is 23.5. The van der Waals surface area contributed by atoms with Crippen molar-refractivity contribution in [3.63, 3.8) is 0 Å². The molecule has 0 aliphatic carbocycles. The molecule has 0 spiro atoms. The average molecular weight is 488 g/mol. The van der Waals surface area contributed by atoms with Crippen LogP contribution in [0, 0.1) is 5.82 Å². The Kier molecular flexibility index (Phi) is 6.19. The van der Waals surface area contributed by atoms with Gasteiger partial charge in [-0.05, 0) is 30.7 Å². The molecule has 12 heteroatoms. The fourth-order valence-corrected chi connectivity index (χ4v) is 4.22. The van der Waals surface area contributed by atoms with Crippen molar-refractivity contribution in [2.45, 2.75) is 19.4 Å². The van der Waals surface area contributed by atoms with E-state index in [4.69, 9.17) is 0 Å². The predicted octanol–water partition coefficient (Wildman–Crippen LogP) is 1.79. The molecule has 1 aliphatic heterocycles. The number of nitrogens with zero attached hydrogens (tertiary/aromatic N) is 3. The molecular weight excluding hydrogens is 467 g/mol. The molecule has 1 aromatic heterocycles. The number of rotatable bonds is 7. The standard InChI is InChI=1S/C22H21FN4O6S/c1-13-21(29)27(22(30)26(13)9-10-33-34(2,31)32)19-12-14(7-8-17(19)23)11-18-15-5-3-4-6-16(15)20(28)25-24-18/h3-8,12-13H,9-11H2,1-2H3,(H,25,28). The van der Waals surface area contributed by atoms with Crippen LogP contribution >= 0.6 is 0 Å². The molecule has 34 heavy (non-hydrogen) atoms. The van der Waals surface area contributed by atoms with Crippen LogP contribution in [0.5, 0.6) is 0 Å². The minimum atomic E-state index is -3.72. The van der Waals surface area contributed by atoms with Crippen LogP contribution in [0.3, 0.4) is 0 Å². The molecule has 1 aliphatic rings. The molecule has 1 saturated heterocycles. The van der Waals surface area contributed by atoms with E-state index in [2.05, 4.69) is 14.4 Å². The molecule has 3 amide bonds. The van der Waals surface area contributed by atoms with Crippen LogP contribution in [0.4, 0.5) is 14.9 Å². The van der Waals surface area contributed by atoms with Crippen molar-refractivity contribution in [3.8, 4) is 0 Å². The summed E-state index contributed by atoms with van der Waals surface area (Å²) in [4.78, 5) is 39.6. The number of aromatic amines is 1. The average Bonchev–Trinajstić information content (AvgIpc) is 2.99. The van der Waals surface area contributed by atoms with Crippen LogP contribution in [-0.2, 0) is 25.5 Å². The molecule has 10 nitrogen and oxygen atoms in total. The number of anilines is 1. The van der Waals surface area contributed by atoms with Crippen molar-refractivity contribution in [1.29, 1.82) is 0 Å². The number of aromatic nitrogens is 2. The second-order valence-electron chi connectivity index (χ2n) is 7.86. The third-order valence-corrected chi connectivity index (χ3v) is 6.10. The van der Waals surface area contributed by atoms with Crippen LogP contribution in [0.25, 0.3) is 10.8 Å². The zero-order valence-electron chi connectivity index (χ0n) is 18.3. The topological polar surface area (TPSA) is 130 Å². The van der Waals surface area contributed by atoms with Gasteiger partial charge >= 0.3 is 6.03 Å². The van der Waals surface area contributed by atoms with Crippen molar-refractivity contribution in [1.82, 2.24) is 15.1 Å². The highest BCUT2D eigenvalue weighted by Gasteiger charge is 2.44. The van der Waals surface area contributed by atoms with E-state index in [0.29, 0.717) is 22.0 Å². The van der Waals surface area contributed by atoms with Gasteiger partial charge in [-0.2, -0.15) is 13.5 Å². The fourth-order valence-electron chi connectivity index (χ4n) is 3.85. The molecule has 3 aromatic rings. The minimum Gasteiger partial charge on any atom is -0.310 e. The number of hydrogen-bond acceptors (Lipinski definition) is 7. The van der Waals surface area contributed by atoms with E-state index in [1.807, 2.05) is 0 Å². The van der Waals surface area contributed by atoms with Gasteiger partial charge in [0.1, 0.15) is 11.9 Å². The number of urea groups is 1. The van der Waals surface area contributed by atoms with Crippen LogP contribution < -0.4 is 10.5 Å². The molecule has 0 bridgehead atoms. The van der Waals surface area contributed by atoms with Gasteiger partial charge in [0.05, 0.1) is 29.6 Å². The fraction of sp³-hybridized carbons (Fsp3) is 0.273. The van der Waals surface area contributed by atoms with Gasteiger partial charge in [0.15, 0.2) is 0 Å². The maximum absolute atomic E-state index is 14.7.